The summed E-state index contributed by atoms with van der Waals surface area (Å²) in [6.07, 6.45) is 1.05. The monoisotopic (exact) mass is 495 g/mol. The Morgan fingerprint density at radius 1 is 1.06 bits per heavy atom. The van der Waals surface area contributed by atoms with Gasteiger partial charge in [-0.2, -0.15) is 4.98 Å². The quantitative estimate of drug-likeness (QED) is 0.562. The van der Waals surface area contributed by atoms with Crippen molar-refractivity contribution in [1.82, 2.24) is 14.8 Å². The SMILES string of the molecule is COc1ccc([C@@H]2CC(=O)C3=C(C2)Nc2nc(N)nn2[C@H]3c2ccc(Br)cc2)cc1OC. The molecular formula is C23H22BrN5O3. The molecule has 2 atom stereocenters. The van der Waals surface area contributed by atoms with Gasteiger partial charge in [0.05, 0.1) is 14.2 Å². The number of nitrogens with zero attached hydrogens (tertiary/aromatic N) is 3. The van der Waals surface area contributed by atoms with E-state index in [1.165, 1.54) is 0 Å². The number of hydrogen-bond donors (Lipinski definition) is 2. The molecule has 0 fully saturated rings. The summed E-state index contributed by atoms with van der Waals surface area (Å²) in [5.41, 5.74) is 9.44. The number of nitrogen functional groups attached to an aromatic ring is 1. The van der Waals surface area contributed by atoms with Crippen molar-refractivity contribution in [3.8, 4) is 11.5 Å². The number of anilines is 2. The number of hydrogen-bond acceptors (Lipinski definition) is 7. The molecule has 1 aliphatic carbocycles. The van der Waals surface area contributed by atoms with E-state index in [2.05, 4.69) is 31.3 Å². The summed E-state index contributed by atoms with van der Waals surface area (Å²) in [5.74, 6) is 2.09. The molecule has 1 aromatic heterocycles. The van der Waals surface area contributed by atoms with Crippen LogP contribution in [0.25, 0.3) is 0 Å². The highest BCUT2D eigenvalue weighted by Gasteiger charge is 2.39. The molecule has 0 amide bonds. The predicted octanol–water partition coefficient (Wildman–Crippen LogP) is 4.06. The number of ketones is 1. The molecule has 0 radical (unpaired) electrons. The van der Waals surface area contributed by atoms with Crippen molar-refractivity contribution in [3.05, 3.63) is 69.3 Å². The molecule has 0 spiro atoms. The number of rotatable bonds is 4. The molecule has 8 nitrogen and oxygen atoms in total. The van der Waals surface area contributed by atoms with Crippen LogP contribution in [0.4, 0.5) is 11.9 Å². The Morgan fingerprint density at radius 2 is 1.78 bits per heavy atom. The van der Waals surface area contributed by atoms with Crippen molar-refractivity contribution in [2.75, 3.05) is 25.3 Å². The zero-order valence-corrected chi connectivity index (χ0v) is 19.2. The number of nitrogens with one attached hydrogen (secondary N) is 1. The highest BCUT2D eigenvalue weighted by molar-refractivity contribution is 9.10. The van der Waals surface area contributed by atoms with Crippen molar-refractivity contribution < 1.29 is 14.3 Å². The molecular weight excluding hydrogens is 474 g/mol. The summed E-state index contributed by atoms with van der Waals surface area (Å²) in [4.78, 5) is 17.8. The molecule has 32 heavy (non-hydrogen) atoms. The largest absolute Gasteiger partial charge is 0.493 e. The number of carbonyl (C=O) groups excluding carboxylic acids is 1. The first-order valence-electron chi connectivity index (χ1n) is 10.2. The Bertz CT molecular complexity index is 1230. The third-order valence-electron chi connectivity index (χ3n) is 6.00. The molecule has 5 rings (SSSR count). The molecule has 2 aromatic carbocycles. The molecule has 3 N–H and O–H groups in total. The second-order valence-corrected chi connectivity index (χ2v) is 8.77. The predicted molar refractivity (Wildman–Crippen MR) is 124 cm³/mol. The normalized spacial score (nSPS) is 19.8. The van der Waals surface area contributed by atoms with Crippen molar-refractivity contribution in [3.63, 3.8) is 0 Å². The molecule has 2 aliphatic rings. The highest BCUT2D eigenvalue weighted by atomic mass is 79.9. The number of fused-ring (bicyclic) bond motifs is 1. The van der Waals surface area contributed by atoms with Crippen molar-refractivity contribution in [2.45, 2.75) is 24.8 Å². The van der Waals surface area contributed by atoms with E-state index >= 15 is 0 Å². The van der Waals surface area contributed by atoms with E-state index in [1.807, 2.05) is 42.5 Å². The maximum atomic E-state index is 13.5. The van der Waals surface area contributed by atoms with Crippen LogP contribution in [-0.4, -0.2) is 34.8 Å². The minimum atomic E-state index is -0.377. The maximum Gasteiger partial charge on any atom is 0.241 e. The van der Waals surface area contributed by atoms with Crippen molar-refractivity contribution in [1.29, 1.82) is 0 Å². The number of aromatic nitrogens is 3. The standard InChI is InChI=1S/C23H22BrN5O3/c1-31-18-8-5-13(11-19(18)32-2)14-9-16-20(17(30)10-14)21(12-3-6-15(24)7-4-12)29-23(26-16)27-22(25)28-29/h3-8,11,14,21H,9-10H2,1-2H3,(H3,25,26,27,28)/t14-,21-/m0/s1. The number of halogens is 1. The first-order chi connectivity index (χ1) is 15.5. The van der Waals surface area contributed by atoms with Gasteiger partial charge in [0, 0.05) is 22.2 Å². The van der Waals surface area contributed by atoms with Crippen molar-refractivity contribution in [2.24, 2.45) is 0 Å². The van der Waals surface area contributed by atoms with Gasteiger partial charge in [0.25, 0.3) is 0 Å². The lowest BCUT2D eigenvalue weighted by Gasteiger charge is -2.35. The van der Waals surface area contributed by atoms with Crippen LogP contribution in [-0.2, 0) is 4.79 Å². The lowest BCUT2D eigenvalue weighted by Crippen LogP contribution is -2.33. The fourth-order valence-corrected chi connectivity index (χ4v) is 4.79. The van der Waals surface area contributed by atoms with Gasteiger partial charge in [0.2, 0.25) is 11.9 Å². The third-order valence-corrected chi connectivity index (χ3v) is 6.53. The number of allylic oxidation sites excluding steroid dienone is 2. The highest BCUT2D eigenvalue weighted by Crippen LogP contribution is 2.45. The Balaban J connectivity index is 1.57. The Labute approximate surface area is 193 Å². The lowest BCUT2D eigenvalue weighted by molar-refractivity contribution is -0.116. The average Bonchev–Trinajstić information content (AvgIpc) is 3.17. The molecule has 164 valence electrons. The minimum Gasteiger partial charge on any atom is -0.493 e. The summed E-state index contributed by atoms with van der Waals surface area (Å²) in [6, 6.07) is 13.3. The van der Waals surface area contributed by atoms with Gasteiger partial charge < -0.3 is 20.5 Å². The fourth-order valence-electron chi connectivity index (χ4n) is 4.52. The number of nitrogens with two attached hydrogens (primary N) is 1. The van der Waals surface area contributed by atoms with Crippen LogP contribution < -0.4 is 20.5 Å². The van der Waals surface area contributed by atoms with Gasteiger partial charge in [0.1, 0.15) is 6.04 Å². The molecule has 1 aliphatic heterocycles. The maximum absolute atomic E-state index is 13.5. The summed E-state index contributed by atoms with van der Waals surface area (Å²) >= 11 is 3.48. The topological polar surface area (TPSA) is 104 Å². The molecule has 3 aromatic rings. The third kappa shape index (κ3) is 3.42. The number of Topliss-reactive ketones (excluding diaryl/α,β-unsaturated/α-hetero) is 1. The summed E-state index contributed by atoms with van der Waals surface area (Å²) < 4.78 is 13.5. The zero-order chi connectivity index (χ0) is 22.4. The van der Waals surface area contributed by atoms with E-state index in [0.29, 0.717) is 35.9 Å². The first kappa shape index (κ1) is 20.6. The Hall–Kier alpha value is -3.33. The van der Waals surface area contributed by atoms with Crippen LogP contribution in [0.2, 0.25) is 0 Å². The van der Waals surface area contributed by atoms with Crippen molar-refractivity contribution >= 4 is 33.6 Å². The van der Waals surface area contributed by atoms with Gasteiger partial charge >= 0.3 is 0 Å². The van der Waals surface area contributed by atoms with Gasteiger partial charge in [-0.05, 0) is 47.7 Å². The first-order valence-corrected chi connectivity index (χ1v) is 11.0. The molecule has 0 bridgehead atoms. The zero-order valence-electron chi connectivity index (χ0n) is 17.6. The van der Waals surface area contributed by atoms with E-state index in [-0.39, 0.29) is 23.7 Å². The number of ether oxygens (including phenoxy) is 2. The van der Waals surface area contributed by atoms with Crippen LogP contribution in [0.1, 0.15) is 35.9 Å². The Kier molecular flexibility index (Phi) is 5.13. The summed E-state index contributed by atoms with van der Waals surface area (Å²) in [5, 5.41) is 7.68. The Morgan fingerprint density at radius 3 is 2.50 bits per heavy atom. The molecule has 0 saturated heterocycles. The van der Waals surface area contributed by atoms with E-state index in [9.17, 15) is 4.79 Å². The molecule has 0 saturated carbocycles. The van der Waals surface area contributed by atoms with E-state index in [0.717, 1.165) is 21.3 Å². The second kappa shape index (κ2) is 7.98. The van der Waals surface area contributed by atoms with E-state index in [4.69, 9.17) is 15.2 Å². The number of methoxy groups -OCH3 is 2. The number of carbonyl (C=O) groups is 1. The van der Waals surface area contributed by atoms with Gasteiger partial charge in [0.15, 0.2) is 17.3 Å². The summed E-state index contributed by atoms with van der Waals surface area (Å²) in [6.45, 7) is 0. The van der Waals surface area contributed by atoms with Gasteiger partial charge in [-0.15, -0.1) is 5.10 Å². The van der Waals surface area contributed by atoms with Crippen LogP contribution in [0.5, 0.6) is 11.5 Å². The van der Waals surface area contributed by atoms with Crippen LogP contribution >= 0.6 is 15.9 Å². The van der Waals surface area contributed by atoms with E-state index in [1.54, 1.807) is 18.9 Å². The van der Waals surface area contributed by atoms with Gasteiger partial charge in [-0.25, -0.2) is 4.68 Å². The minimum absolute atomic E-state index is 0.00550. The van der Waals surface area contributed by atoms with E-state index < -0.39 is 0 Å². The smallest absolute Gasteiger partial charge is 0.241 e. The van der Waals surface area contributed by atoms with Crippen LogP contribution in [0.3, 0.4) is 0 Å². The lowest BCUT2D eigenvalue weighted by atomic mass is 9.78. The number of benzene rings is 2. The van der Waals surface area contributed by atoms with Gasteiger partial charge in [-0.3, -0.25) is 4.79 Å². The average molecular weight is 496 g/mol. The van der Waals surface area contributed by atoms with Crippen LogP contribution in [0, 0.1) is 0 Å². The van der Waals surface area contributed by atoms with Gasteiger partial charge in [-0.1, -0.05) is 34.1 Å². The molecule has 9 heteroatoms. The molecule has 2 heterocycles. The molecule has 0 unspecified atom stereocenters. The summed E-state index contributed by atoms with van der Waals surface area (Å²) in [7, 11) is 3.21. The second-order valence-electron chi connectivity index (χ2n) is 7.85. The fraction of sp³-hybridized carbons (Fsp3) is 0.261. The van der Waals surface area contributed by atoms with Crippen LogP contribution in [0.15, 0.2) is 58.2 Å².